The molecule has 0 radical (unpaired) electrons. The van der Waals surface area contributed by atoms with Gasteiger partial charge in [0.05, 0.1) is 12.2 Å². The fourth-order valence-corrected chi connectivity index (χ4v) is 2.00. The Balaban J connectivity index is 1.95. The average molecular weight is 263 g/mol. The van der Waals surface area contributed by atoms with Crippen molar-refractivity contribution in [3.63, 3.8) is 0 Å². The van der Waals surface area contributed by atoms with Gasteiger partial charge in [-0.1, -0.05) is 29.8 Å². The van der Waals surface area contributed by atoms with Gasteiger partial charge in [-0.2, -0.15) is 0 Å². The van der Waals surface area contributed by atoms with Crippen LogP contribution in [0, 0.1) is 0 Å². The Kier molecular flexibility index (Phi) is 4.18. The molecule has 0 aliphatic rings. The fourth-order valence-electron chi connectivity index (χ4n) is 1.81. The van der Waals surface area contributed by atoms with E-state index in [1.807, 2.05) is 42.3 Å². The van der Waals surface area contributed by atoms with Crippen LogP contribution in [-0.2, 0) is 6.54 Å². The van der Waals surface area contributed by atoms with Crippen LogP contribution in [0.25, 0.3) is 0 Å². The Labute approximate surface area is 111 Å². The number of Topliss-reactive ketones (excluding diaryl/α,β-unsaturated/α-hetero) is 1. The molecule has 0 bridgehead atoms. The van der Waals surface area contributed by atoms with Crippen molar-refractivity contribution >= 4 is 17.4 Å². The number of carbonyl (C=O) groups excluding carboxylic acids is 1. The summed E-state index contributed by atoms with van der Waals surface area (Å²) < 4.78 is 0. The van der Waals surface area contributed by atoms with Crippen LogP contribution in [-0.4, -0.2) is 29.3 Å². The molecule has 0 unspecified atom stereocenters. The van der Waals surface area contributed by atoms with Gasteiger partial charge in [0.25, 0.3) is 0 Å². The van der Waals surface area contributed by atoms with Crippen molar-refractivity contribution in [1.82, 2.24) is 9.88 Å². The van der Waals surface area contributed by atoms with E-state index in [2.05, 4.69) is 4.98 Å². The molecule has 0 aliphatic carbocycles. The number of nitrogens with one attached hydrogen (secondary N) is 1. The second kappa shape index (κ2) is 5.85. The van der Waals surface area contributed by atoms with Crippen molar-refractivity contribution in [2.75, 3.05) is 13.6 Å². The molecule has 1 N–H and O–H groups in total. The number of aromatic nitrogens is 1. The third kappa shape index (κ3) is 3.22. The van der Waals surface area contributed by atoms with Crippen LogP contribution in [0.5, 0.6) is 0 Å². The standard InChI is InChI=1S/C14H15ClN2O/c1-17(9-11-5-2-3-6-12(11)15)10-14(18)13-7-4-8-16-13/h2-8,16H,9-10H2,1H3. The van der Waals surface area contributed by atoms with Gasteiger partial charge >= 0.3 is 0 Å². The second-order valence-corrected chi connectivity index (χ2v) is 4.68. The molecule has 4 heteroatoms. The summed E-state index contributed by atoms with van der Waals surface area (Å²) in [6.45, 7) is 1.03. The normalized spacial score (nSPS) is 10.8. The van der Waals surface area contributed by atoms with E-state index in [-0.39, 0.29) is 5.78 Å². The van der Waals surface area contributed by atoms with Gasteiger partial charge in [-0.05, 0) is 30.8 Å². The van der Waals surface area contributed by atoms with Gasteiger partial charge < -0.3 is 4.98 Å². The largest absolute Gasteiger partial charge is 0.359 e. The first-order valence-electron chi connectivity index (χ1n) is 5.75. The lowest BCUT2D eigenvalue weighted by Gasteiger charge is -2.16. The summed E-state index contributed by atoms with van der Waals surface area (Å²) in [4.78, 5) is 16.7. The molecule has 0 spiro atoms. The van der Waals surface area contributed by atoms with Crippen LogP contribution >= 0.6 is 11.6 Å². The molecule has 1 aromatic heterocycles. The van der Waals surface area contributed by atoms with E-state index in [4.69, 9.17) is 11.6 Å². The lowest BCUT2D eigenvalue weighted by molar-refractivity contribution is 0.0938. The maximum absolute atomic E-state index is 11.9. The average Bonchev–Trinajstić information content (AvgIpc) is 2.85. The van der Waals surface area contributed by atoms with Crippen LogP contribution in [0.2, 0.25) is 5.02 Å². The number of hydrogen-bond donors (Lipinski definition) is 1. The molecule has 3 nitrogen and oxygen atoms in total. The highest BCUT2D eigenvalue weighted by molar-refractivity contribution is 6.31. The Morgan fingerprint density at radius 1 is 1.28 bits per heavy atom. The molecule has 0 saturated carbocycles. The minimum absolute atomic E-state index is 0.0783. The van der Waals surface area contributed by atoms with E-state index in [0.29, 0.717) is 18.8 Å². The summed E-state index contributed by atoms with van der Waals surface area (Å²) in [5, 5.41) is 0.733. The minimum Gasteiger partial charge on any atom is -0.359 e. The Morgan fingerprint density at radius 3 is 2.72 bits per heavy atom. The van der Waals surface area contributed by atoms with Crippen LogP contribution in [0.4, 0.5) is 0 Å². The fraction of sp³-hybridized carbons (Fsp3) is 0.214. The Hall–Kier alpha value is -1.58. The van der Waals surface area contributed by atoms with Gasteiger partial charge in [-0.25, -0.2) is 0 Å². The first kappa shape index (κ1) is 12.9. The van der Waals surface area contributed by atoms with Crippen molar-refractivity contribution in [1.29, 1.82) is 0 Å². The van der Waals surface area contributed by atoms with E-state index < -0.39 is 0 Å². The number of rotatable bonds is 5. The van der Waals surface area contributed by atoms with E-state index >= 15 is 0 Å². The molecule has 2 rings (SSSR count). The van der Waals surface area contributed by atoms with E-state index in [9.17, 15) is 4.79 Å². The van der Waals surface area contributed by atoms with Gasteiger partial charge in [0.15, 0.2) is 5.78 Å². The zero-order chi connectivity index (χ0) is 13.0. The van der Waals surface area contributed by atoms with Crippen molar-refractivity contribution in [2.45, 2.75) is 6.54 Å². The maximum Gasteiger partial charge on any atom is 0.192 e. The van der Waals surface area contributed by atoms with Crippen molar-refractivity contribution in [3.8, 4) is 0 Å². The van der Waals surface area contributed by atoms with Gasteiger partial charge in [-0.15, -0.1) is 0 Å². The molecule has 0 fully saturated rings. The summed E-state index contributed by atoms with van der Waals surface area (Å²) in [5.41, 5.74) is 1.67. The molecular weight excluding hydrogens is 248 g/mol. The van der Waals surface area contributed by atoms with Gasteiger partial charge in [0.1, 0.15) is 0 Å². The second-order valence-electron chi connectivity index (χ2n) is 4.27. The molecule has 1 aromatic carbocycles. The van der Waals surface area contributed by atoms with E-state index in [1.54, 1.807) is 12.3 Å². The number of benzene rings is 1. The van der Waals surface area contributed by atoms with Crippen LogP contribution < -0.4 is 0 Å². The maximum atomic E-state index is 11.9. The number of likely N-dealkylation sites (N-methyl/N-ethyl adjacent to an activating group) is 1. The lowest BCUT2D eigenvalue weighted by atomic mass is 10.2. The SMILES string of the molecule is CN(CC(=O)c1ccc[nH]1)Cc1ccccc1Cl. The third-order valence-corrected chi connectivity index (χ3v) is 3.08. The highest BCUT2D eigenvalue weighted by Gasteiger charge is 2.11. The Morgan fingerprint density at radius 2 is 2.06 bits per heavy atom. The predicted octanol–water partition coefficient (Wildman–Crippen LogP) is 2.98. The summed E-state index contributed by atoms with van der Waals surface area (Å²) in [5.74, 6) is 0.0783. The number of aromatic amines is 1. The molecule has 18 heavy (non-hydrogen) atoms. The number of hydrogen-bond acceptors (Lipinski definition) is 2. The molecular formula is C14H15ClN2O. The van der Waals surface area contributed by atoms with Crippen LogP contribution in [0.1, 0.15) is 16.1 Å². The van der Waals surface area contributed by atoms with Crippen molar-refractivity contribution in [3.05, 3.63) is 58.9 Å². The third-order valence-electron chi connectivity index (χ3n) is 2.71. The Bertz CT molecular complexity index is 522. The molecule has 2 aromatic rings. The zero-order valence-corrected chi connectivity index (χ0v) is 10.9. The molecule has 0 amide bonds. The number of nitrogens with zero attached hydrogens (tertiary/aromatic N) is 1. The van der Waals surface area contributed by atoms with Crippen LogP contribution in [0.3, 0.4) is 0 Å². The highest BCUT2D eigenvalue weighted by atomic mass is 35.5. The predicted molar refractivity (Wildman–Crippen MR) is 72.9 cm³/mol. The summed E-state index contributed by atoms with van der Waals surface area (Å²) in [6.07, 6.45) is 1.75. The topological polar surface area (TPSA) is 36.1 Å². The summed E-state index contributed by atoms with van der Waals surface area (Å²) in [7, 11) is 1.91. The van der Waals surface area contributed by atoms with Crippen molar-refractivity contribution < 1.29 is 4.79 Å². The lowest BCUT2D eigenvalue weighted by Crippen LogP contribution is -2.25. The van der Waals surface area contributed by atoms with Crippen molar-refractivity contribution in [2.24, 2.45) is 0 Å². The summed E-state index contributed by atoms with van der Waals surface area (Å²) in [6, 6.07) is 11.3. The minimum atomic E-state index is 0.0783. The molecule has 94 valence electrons. The summed E-state index contributed by atoms with van der Waals surface area (Å²) >= 11 is 6.09. The number of carbonyl (C=O) groups is 1. The number of H-pyrrole nitrogens is 1. The molecule has 0 atom stereocenters. The van der Waals surface area contributed by atoms with E-state index in [0.717, 1.165) is 10.6 Å². The highest BCUT2D eigenvalue weighted by Crippen LogP contribution is 2.16. The molecule has 0 aliphatic heterocycles. The zero-order valence-electron chi connectivity index (χ0n) is 10.2. The van der Waals surface area contributed by atoms with Crippen LogP contribution in [0.15, 0.2) is 42.6 Å². The molecule has 1 heterocycles. The number of halogens is 1. The first-order chi connectivity index (χ1) is 8.66. The van der Waals surface area contributed by atoms with Gasteiger partial charge in [0.2, 0.25) is 0 Å². The first-order valence-corrected chi connectivity index (χ1v) is 6.13. The monoisotopic (exact) mass is 262 g/mol. The smallest absolute Gasteiger partial charge is 0.192 e. The number of ketones is 1. The van der Waals surface area contributed by atoms with Gasteiger partial charge in [-0.3, -0.25) is 9.69 Å². The van der Waals surface area contributed by atoms with Gasteiger partial charge in [0, 0.05) is 17.8 Å². The van der Waals surface area contributed by atoms with E-state index in [1.165, 1.54) is 0 Å². The quantitative estimate of drug-likeness (QED) is 0.841. The molecule has 0 saturated heterocycles.